The van der Waals surface area contributed by atoms with Crippen molar-refractivity contribution in [3.63, 3.8) is 0 Å². The molecule has 0 heterocycles. The first-order valence-corrected chi connectivity index (χ1v) is 12.6. The van der Waals surface area contributed by atoms with E-state index in [2.05, 4.69) is 5.32 Å². The average molecular weight is 474 g/mol. The fourth-order valence-electron chi connectivity index (χ4n) is 3.38. The van der Waals surface area contributed by atoms with Gasteiger partial charge in [-0.05, 0) is 37.0 Å². The number of benzene rings is 2. The SMILES string of the molecule is CCC(C(=O)NCC(C)C)N(Cc1ccccc1)C(=O)CN(C)S(=O)(=O)c1ccc(C)cc1. The maximum atomic E-state index is 13.4. The maximum Gasteiger partial charge on any atom is 0.243 e. The largest absolute Gasteiger partial charge is 0.354 e. The first kappa shape index (κ1) is 26.5. The van der Waals surface area contributed by atoms with E-state index in [1.165, 1.54) is 24.1 Å². The van der Waals surface area contributed by atoms with E-state index in [1.807, 2.05) is 58.0 Å². The number of nitrogens with one attached hydrogen (secondary N) is 1. The summed E-state index contributed by atoms with van der Waals surface area (Å²) in [5.74, 6) is -0.390. The van der Waals surface area contributed by atoms with Gasteiger partial charge in [0.05, 0.1) is 11.4 Å². The van der Waals surface area contributed by atoms with Crippen molar-refractivity contribution < 1.29 is 18.0 Å². The fourth-order valence-corrected chi connectivity index (χ4v) is 4.50. The molecule has 33 heavy (non-hydrogen) atoms. The zero-order valence-corrected chi connectivity index (χ0v) is 20.9. The van der Waals surface area contributed by atoms with Gasteiger partial charge in [0.25, 0.3) is 0 Å². The van der Waals surface area contributed by atoms with Crippen LogP contribution in [0.5, 0.6) is 0 Å². The summed E-state index contributed by atoms with van der Waals surface area (Å²) in [7, 11) is -2.46. The Labute approximate surface area is 197 Å². The van der Waals surface area contributed by atoms with Gasteiger partial charge in [0.2, 0.25) is 21.8 Å². The molecule has 2 aromatic carbocycles. The van der Waals surface area contributed by atoms with E-state index in [9.17, 15) is 18.0 Å². The molecule has 1 unspecified atom stereocenters. The molecule has 0 bridgehead atoms. The molecule has 0 fully saturated rings. The third kappa shape index (κ3) is 7.40. The van der Waals surface area contributed by atoms with Crippen LogP contribution in [0, 0.1) is 12.8 Å². The molecule has 0 radical (unpaired) electrons. The van der Waals surface area contributed by atoms with Gasteiger partial charge in [-0.3, -0.25) is 9.59 Å². The zero-order valence-electron chi connectivity index (χ0n) is 20.1. The lowest BCUT2D eigenvalue weighted by Crippen LogP contribution is -2.52. The second-order valence-electron chi connectivity index (χ2n) is 8.64. The summed E-state index contributed by atoms with van der Waals surface area (Å²) in [6.45, 7) is 8.07. The van der Waals surface area contributed by atoms with Crippen LogP contribution in [0.15, 0.2) is 59.5 Å². The molecule has 0 aliphatic heterocycles. The summed E-state index contributed by atoms with van der Waals surface area (Å²) in [5, 5.41) is 2.90. The molecule has 0 spiro atoms. The van der Waals surface area contributed by atoms with Crippen LogP contribution < -0.4 is 5.32 Å². The maximum absolute atomic E-state index is 13.4. The van der Waals surface area contributed by atoms with Gasteiger partial charge in [-0.1, -0.05) is 68.8 Å². The fraction of sp³-hybridized carbons (Fsp3) is 0.440. The molecule has 0 saturated carbocycles. The van der Waals surface area contributed by atoms with E-state index in [0.29, 0.717) is 13.0 Å². The highest BCUT2D eigenvalue weighted by molar-refractivity contribution is 7.89. The molecule has 2 aromatic rings. The Balaban J connectivity index is 2.28. The van der Waals surface area contributed by atoms with Crippen LogP contribution in [-0.2, 0) is 26.2 Å². The number of amides is 2. The third-order valence-corrected chi connectivity index (χ3v) is 7.17. The standard InChI is InChI=1S/C25H35N3O4S/c1-6-23(25(30)26-16-19(2)3)28(17-21-10-8-7-9-11-21)24(29)18-27(5)33(31,32)22-14-12-20(4)13-15-22/h7-15,19,23H,6,16-18H2,1-5H3,(H,26,30). The summed E-state index contributed by atoms with van der Waals surface area (Å²) in [6, 6.07) is 15.2. The molecule has 0 saturated heterocycles. The Kier molecular flexibility index (Phi) is 9.61. The van der Waals surface area contributed by atoms with Crippen molar-refractivity contribution in [2.75, 3.05) is 20.1 Å². The number of carbonyl (C=O) groups is 2. The van der Waals surface area contributed by atoms with Crippen molar-refractivity contribution in [2.24, 2.45) is 5.92 Å². The normalized spacial score (nSPS) is 12.6. The molecular weight excluding hydrogens is 438 g/mol. The number of nitrogens with zero attached hydrogens (tertiary/aromatic N) is 2. The average Bonchev–Trinajstić information content (AvgIpc) is 2.78. The van der Waals surface area contributed by atoms with Gasteiger partial charge >= 0.3 is 0 Å². The summed E-state index contributed by atoms with van der Waals surface area (Å²) in [6.07, 6.45) is 0.414. The van der Waals surface area contributed by atoms with Crippen LogP contribution in [0.4, 0.5) is 0 Å². The Hall–Kier alpha value is -2.71. The molecular formula is C25H35N3O4S. The number of rotatable bonds is 11. The minimum absolute atomic E-state index is 0.125. The first-order valence-electron chi connectivity index (χ1n) is 11.2. The Morgan fingerprint density at radius 1 is 1.00 bits per heavy atom. The van der Waals surface area contributed by atoms with Crippen molar-refractivity contribution in [3.8, 4) is 0 Å². The number of hydrogen-bond donors (Lipinski definition) is 1. The number of hydrogen-bond acceptors (Lipinski definition) is 4. The van der Waals surface area contributed by atoms with Gasteiger partial charge in [0.1, 0.15) is 6.04 Å². The molecule has 2 rings (SSSR count). The predicted octanol–water partition coefficient (Wildman–Crippen LogP) is 3.20. The first-order chi connectivity index (χ1) is 15.6. The van der Waals surface area contributed by atoms with Crippen molar-refractivity contribution in [1.82, 2.24) is 14.5 Å². The molecule has 7 nitrogen and oxygen atoms in total. The second-order valence-corrected chi connectivity index (χ2v) is 10.7. The molecule has 1 atom stereocenters. The zero-order chi connectivity index (χ0) is 24.6. The summed E-state index contributed by atoms with van der Waals surface area (Å²) < 4.78 is 27.0. The molecule has 0 aromatic heterocycles. The van der Waals surface area contributed by atoms with E-state index in [-0.39, 0.29) is 29.8 Å². The van der Waals surface area contributed by atoms with Gasteiger partial charge in [-0.25, -0.2) is 8.42 Å². The van der Waals surface area contributed by atoms with Crippen molar-refractivity contribution in [2.45, 2.75) is 51.6 Å². The van der Waals surface area contributed by atoms with Crippen LogP contribution in [0.1, 0.15) is 38.3 Å². The number of carbonyl (C=O) groups excluding carboxylic acids is 2. The second kappa shape index (κ2) is 12.0. The van der Waals surface area contributed by atoms with Crippen molar-refractivity contribution in [1.29, 1.82) is 0 Å². The molecule has 0 aliphatic carbocycles. The van der Waals surface area contributed by atoms with Crippen LogP contribution in [0.25, 0.3) is 0 Å². The lowest BCUT2D eigenvalue weighted by molar-refractivity contribution is -0.141. The minimum Gasteiger partial charge on any atom is -0.354 e. The van der Waals surface area contributed by atoms with Crippen LogP contribution in [0.3, 0.4) is 0 Å². The molecule has 0 aliphatic rings. The molecule has 1 N–H and O–H groups in total. The summed E-state index contributed by atoms with van der Waals surface area (Å²) in [4.78, 5) is 27.9. The highest BCUT2D eigenvalue weighted by Crippen LogP contribution is 2.17. The Morgan fingerprint density at radius 2 is 1.61 bits per heavy atom. The lowest BCUT2D eigenvalue weighted by Gasteiger charge is -2.32. The van der Waals surface area contributed by atoms with Gasteiger partial charge < -0.3 is 10.2 Å². The molecule has 8 heteroatoms. The minimum atomic E-state index is -3.85. The van der Waals surface area contributed by atoms with E-state index >= 15 is 0 Å². The smallest absolute Gasteiger partial charge is 0.243 e. The quantitative estimate of drug-likeness (QED) is 0.543. The van der Waals surface area contributed by atoms with Gasteiger partial charge in [-0.15, -0.1) is 0 Å². The Bertz CT molecular complexity index is 1020. The van der Waals surface area contributed by atoms with Crippen LogP contribution >= 0.6 is 0 Å². The number of likely N-dealkylation sites (N-methyl/N-ethyl adjacent to an activating group) is 1. The van der Waals surface area contributed by atoms with Gasteiger partial charge in [0.15, 0.2) is 0 Å². The highest BCUT2D eigenvalue weighted by atomic mass is 32.2. The van der Waals surface area contributed by atoms with E-state index in [4.69, 9.17) is 0 Å². The summed E-state index contributed by atoms with van der Waals surface area (Å²) >= 11 is 0. The predicted molar refractivity (Wildman–Crippen MR) is 130 cm³/mol. The van der Waals surface area contributed by atoms with Crippen molar-refractivity contribution in [3.05, 3.63) is 65.7 Å². The van der Waals surface area contributed by atoms with Crippen molar-refractivity contribution >= 4 is 21.8 Å². The molecule has 180 valence electrons. The van der Waals surface area contributed by atoms with Gasteiger partial charge in [-0.2, -0.15) is 4.31 Å². The van der Waals surface area contributed by atoms with Crippen LogP contribution in [-0.4, -0.2) is 55.6 Å². The van der Waals surface area contributed by atoms with E-state index < -0.39 is 22.0 Å². The topological polar surface area (TPSA) is 86.8 Å². The summed E-state index contributed by atoms with van der Waals surface area (Å²) in [5.41, 5.74) is 1.81. The van der Waals surface area contributed by atoms with Gasteiger partial charge in [0, 0.05) is 20.1 Å². The van der Waals surface area contributed by atoms with Crippen LogP contribution in [0.2, 0.25) is 0 Å². The number of sulfonamides is 1. The van der Waals surface area contributed by atoms with E-state index in [0.717, 1.165) is 15.4 Å². The lowest BCUT2D eigenvalue weighted by atomic mass is 10.1. The number of aryl methyl sites for hydroxylation is 1. The van der Waals surface area contributed by atoms with E-state index in [1.54, 1.807) is 12.1 Å². The monoisotopic (exact) mass is 473 g/mol. The molecule has 2 amide bonds. The highest BCUT2D eigenvalue weighted by Gasteiger charge is 2.31. The Morgan fingerprint density at radius 3 is 2.15 bits per heavy atom. The third-order valence-electron chi connectivity index (χ3n) is 5.35.